The van der Waals surface area contributed by atoms with E-state index in [4.69, 9.17) is 0 Å². The molecular weight excluding hydrogens is 290 g/mol. The van der Waals surface area contributed by atoms with E-state index in [1.54, 1.807) is 0 Å². The normalized spacial score (nSPS) is 0. The maximum absolute atomic E-state index is 0. The van der Waals surface area contributed by atoms with E-state index in [-0.39, 0.29) is 73.7 Å². The van der Waals surface area contributed by atoms with Crippen molar-refractivity contribution < 1.29 is 44.8 Å². The van der Waals surface area contributed by atoms with E-state index in [2.05, 4.69) is 0 Å². The van der Waals surface area contributed by atoms with Crippen LogP contribution in [0.25, 0.3) is 0 Å². The van der Waals surface area contributed by atoms with Crippen LogP contribution >= 0.6 is 0 Å². The Hall–Kier alpha value is 2.25. The topological polar surface area (TPSA) is 0 Å². The van der Waals surface area contributed by atoms with Crippen molar-refractivity contribution in [3.8, 4) is 0 Å². The Labute approximate surface area is 72.9 Å². The van der Waals surface area contributed by atoms with E-state index >= 15 is 0 Å². The second-order valence-corrected chi connectivity index (χ2v) is 0. The molecule has 0 heterocycles. The van der Waals surface area contributed by atoms with Crippen molar-refractivity contribution in [1.29, 1.82) is 0 Å². The summed E-state index contributed by atoms with van der Waals surface area (Å²) in [4.78, 5) is 0. The Bertz CT molecular complexity index is 8.00. The van der Waals surface area contributed by atoms with Crippen LogP contribution in [0.5, 0.6) is 0 Å². The minimum Gasteiger partial charge on any atom is 0 e. The second kappa shape index (κ2) is 18.7. The average molecular weight is 293 g/mol. The van der Waals surface area contributed by atoms with Gasteiger partial charge in [-0.25, -0.2) is 0 Å². The molecule has 0 aromatic carbocycles. The van der Waals surface area contributed by atoms with Crippen LogP contribution in [0.15, 0.2) is 0 Å². The molecule has 0 N–H and O–H groups in total. The molecule has 0 amide bonds. The molecule has 0 aliphatic heterocycles. The van der Waals surface area contributed by atoms with Crippen LogP contribution in [-0.4, -0.2) is 29.0 Å². The molecule has 0 saturated carbocycles. The summed E-state index contributed by atoms with van der Waals surface area (Å²) in [6.07, 6.45) is 0. The summed E-state index contributed by atoms with van der Waals surface area (Å²) < 4.78 is 0. The van der Waals surface area contributed by atoms with E-state index < -0.39 is 0 Å². The number of hydrogen-bond donors (Lipinski definition) is 0. The quantitative estimate of drug-likeness (QED) is 0.474. The van der Waals surface area contributed by atoms with Gasteiger partial charge in [-0.05, 0) is 0 Å². The third-order valence-corrected chi connectivity index (χ3v) is 0. The summed E-state index contributed by atoms with van der Waals surface area (Å²) in [7, 11) is 0. The monoisotopic (exact) mass is 293 g/mol. The predicted molar refractivity (Wildman–Crippen MR) is 15.7 cm³/mol. The molecule has 0 nitrogen and oxygen atoms in total. The van der Waals surface area contributed by atoms with Gasteiger partial charge in [0.2, 0.25) is 0 Å². The molecule has 16 valence electrons. The van der Waals surface area contributed by atoms with Gasteiger partial charge in [-0.3, -0.25) is 0 Å². The van der Waals surface area contributed by atoms with Crippen molar-refractivity contribution in [3.05, 3.63) is 0 Å². The van der Waals surface area contributed by atoms with Crippen molar-refractivity contribution in [2.24, 2.45) is 0 Å². The van der Waals surface area contributed by atoms with E-state index in [1.165, 1.54) is 0 Å². The Kier molecular flexibility index (Phi) is 160. The Morgan fingerprint density at radius 3 is 1.00 bits per heavy atom. The average Bonchev–Trinajstić information content (AvgIpc) is 0. The van der Waals surface area contributed by atoms with Crippen LogP contribution in [0.3, 0.4) is 0 Å². The summed E-state index contributed by atoms with van der Waals surface area (Å²) in [5.41, 5.74) is 0. The molecule has 0 aromatic rings. The molecule has 0 aliphatic rings. The zero-order valence-corrected chi connectivity index (χ0v) is 6.31. The molecule has 0 saturated heterocycles. The molecule has 0 rings (SSSR count). The molecule has 0 fully saturated rings. The van der Waals surface area contributed by atoms with Crippen LogP contribution in [0, 0.1) is 0 Å². The van der Waals surface area contributed by atoms with E-state index in [0.717, 1.165) is 0 Å². The zero-order valence-electron chi connectivity index (χ0n) is 0.894. The Morgan fingerprint density at radius 1 is 1.00 bits per heavy atom. The fourth-order valence-corrected chi connectivity index (χ4v) is 0. The Balaban J connectivity index is 0. The first kappa shape index (κ1) is 34.1. The smallest absolute Gasteiger partial charge is 0 e. The zero-order chi connectivity index (χ0) is 0. The number of rotatable bonds is 0. The summed E-state index contributed by atoms with van der Waals surface area (Å²) in [6.45, 7) is 0. The van der Waals surface area contributed by atoms with Gasteiger partial charge in [0.1, 0.15) is 0 Å². The molecular formula is H3BeLiNbTa. The van der Waals surface area contributed by atoms with Gasteiger partial charge in [0.05, 0.1) is 0 Å². The van der Waals surface area contributed by atoms with Crippen molar-refractivity contribution in [1.82, 2.24) is 0 Å². The van der Waals surface area contributed by atoms with E-state index in [1.807, 2.05) is 0 Å². The van der Waals surface area contributed by atoms with Crippen molar-refractivity contribution in [3.63, 3.8) is 0 Å². The van der Waals surface area contributed by atoms with Gasteiger partial charge in [-0.2, -0.15) is 0 Å². The Morgan fingerprint density at radius 2 is 1.00 bits per heavy atom. The van der Waals surface area contributed by atoms with Crippen LogP contribution < -0.4 is 0 Å². The molecule has 4 heavy (non-hydrogen) atoms. The maximum atomic E-state index is 0. The second-order valence-electron chi connectivity index (χ2n) is 0. The van der Waals surface area contributed by atoms with Gasteiger partial charge in [0, 0.05) is 44.8 Å². The SMILES string of the molecule is [BeH2].[LiH].[Nb].[Ta]. The summed E-state index contributed by atoms with van der Waals surface area (Å²) in [6, 6.07) is 0. The minimum atomic E-state index is 0. The van der Waals surface area contributed by atoms with Gasteiger partial charge in [0.15, 0.2) is 0 Å². The standard InChI is InChI=1S/Be.Li.Nb.Ta.3H. The largest absolute Gasteiger partial charge is 0 e. The molecule has 0 unspecified atom stereocenters. The first-order valence-electron chi connectivity index (χ1n) is 0. The van der Waals surface area contributed by atoms with Crippen molar-refractivity contribution in [2.75, 3.05) is 0 Å². The van der Waals surface area contributed by atoms with E-state index in [9.17, 15) is 0 Å². The van der Waals surface area contributed by atoms with Crippen molar-refractivity contribution in [2.45, 2.75) is 0 Å². The maximum Gasteiger partial charge on any atom is 0 e. The molecule has 0 spiro atoms. The number of hydrogen-bond acceptors (Lipinski definition) is 0. The van der Waals surface area contributed by atoms with E-state index in [0.29, 0.717) is 0 Å². The first-order valence-corrected chi connectivity index (χ1v) is 0. The third kappa shape index (κ3) is 8.87. The molecule has 2 radical (unpaired) electrons. The van der Waals surface area contributed by atoms with Crippen LogP contribution in [0.1, 0.15) is 0 Å². The fourth-order valence-electron chi connectivity index (χ4n) is 0. The predicted octanol–water partition coefficient (Wildman–Crippen LogP) is -1.57. The van der Waals surface area contributed by atoms with Gasteiger partial charge in [0.25, 0.3) is 0 Å². The van der Waals surface area contributed by atoms with Gasteiger partial charge < -0.3 is 0 Å². The molecule has 4 heteroatoms. The van der Waals surface area contributed by atoms with Crippen molar-refractivity contribution >= 4 is 29.0 Å². The summed E-state index contributed by atoms with van der Waals surface area (Å²) >= 11 is 0. The molecule has 0 aliphatic carbocycles. The van der Waals surface area contributed by atoms with Crippen LogP contribution in [0.4, 0.5) is 0 Å². The summed E-state index contributed by atoms with van der Waals surface area (Å²) in [5, 5.41) is 0. The van der Waals surface area contributed by atoms with Gasteiger partial charge in [-0.15, -0.1) is 0 Å². The third-order valence-electron chi connectivity index (χ3n) is 0. The molecule has 0 bridgehead atoms. The van der Waals surface area contributed by atoms with Crippen LogP contribution in [-0.2, 0) is 44.8 Å². The fraction of sp³-hybridized carbons (Fsp3) is 0. The van der Waals surface area contributed by atoms with Gasteiger partial charge >= 0.3 is 29.0 Å². The first-order chi connectivity index (χ1) is 0. The van der Waals surface area contributed by atoms with Gasteiger partial charge in [-0.1, -0.05) is 0 Å². The minimum absolute atomic E-state index is 0. The summed E-state index contributed by atoms with van der Waals surface area (Å²) in [5.74, 6) is 0. The van der Waals surface area contributed by atoms with Crippen LogP contribution in [0.2, 0.25) is 0 Å². The molecule has 0 atom stereocenters. The molecule has 0 aromatic heterocycles.